The van der Waals surface area contributed by atoms with Crippen LogP contribution in [-0.4, -0.2) is 28.8 Å². The third-order valence-electron chi connectivity index (χ3n) is 4.60. The summed E-state index contributed by atoms with van der Waals surface area (Å²) in [6.07, 6.45) is 2.09. The molecule has 2 aromatic rings. The van der Waals surface area contributed by atoms with Crippen molar-refractivity contribution in [2.45, 2.75) is 25.8 Å². The largest absolute Gasteiger partial charge is 0.324 e. The molecule has 130 valence electrons. The fourth-order valence-corrected chi connectivity index (χ4v) is 3.30. The van der Waals surface area contributed by atoms with Crippen molar-refractivity contribution in [2.75, 3.05) is 18.4 Å². The molecular weight excluding hydrogens is 318 g/mol. The van der Waals surface area contributed by atoms with E-state index in [0.29, 0.717) is 5.69 Å². The maximum atomic E-state index is 12.5. The van der Waals surface area contributed by atoms with E-state index in [1.165, 1.54) is 17.7 Å². The molecule has 3 rings (SSSR count). The average molecular weight is 339 g/mol. The molecule has 6 nitrogen and oxygen atoms in total. The summed E-state index contributed by atoms with van der Waals surface area (Å²) in [7, 11) is 0. The predicted molar refractivity (Wildman–Crippen MR) is 96.5 cm³/mol. The smallest absolute Gasteiger partial charge is 0.271 e. The van der Waals surface area contributed by atoms with Gasteiger partial charge in [0.05, 0.1) is 17.2 Å². The highest BCUT2D eigenvalue weighted by molar-refractivity contribution is 5.93. The van der Waals surface area contributed by atoms with Crippen LogP contribution in [0, 0.1) is 17.0 Å². The topological polar surface area (TPSA) is 75.5 Å². The highest BCUT2D eigenvalue weighted by atomic mass is 16.6. The first-order valence-corrected chi connectivity index (χ1v) is 8.38. The van der Waals surface area contributed by atoms with Gasteiger partial charge in [-0.2, -0.15) is 0 Å². The molecule has 6 heteroatoms. The second kappa shape index (κ2) is 7.44. The number of likely N-dealkylation sites (tertiary alicyclic amines) is 1. The summed E-state index contributed by atoms with van der Waals surface area (Å²) in [4.78, 5) is 25.1. The third-order valence-corrected chi connectivity index (χ3v) is 4.60. The molecule has 0 saturated carbocycles. The molecule has 0 unspecified atom stereocenters. The Labute approximate surface area is 146 Å². The molecular formula is C19H21N3O3. The van der Waals surface area contributed by atoms with E-state index in [1.807, 2.05) is 25.1 Å². The number of nitro benzene ring substituents is 1. The Morgan fingerprint density at radius 2 is 2.04 bits per heavy atom. The predicted octanol–water partition coefficient (Wildman–Crippen LogP) is 3.68. The molecule has 0 aromatic heterocycles. The van der Waals surface area contributed by atoms with Gasteiger partial charge in [0, 0.05) is 18.2 Å². The van der Waals surface area contributed by atoms with Crippen LogP contribution in [0.2, 0.25) is 0 Å². The maximum absolute atomic E-state index is 12.5. The molecule has 25 heavy (non-hydrogen) atoms. The van der Waals surface area contributed by atoms with Crippen LogP contribution in [0.25, 0.3) is 0 Å². The van der Waals surface area contributed by atoms with Gasteiger partial charge in [-0.3, -0.25) is 19.8 Å². The number of carbonyl (C=O) groups is 1. The minimum Gasteiger partial charge on any atom is -0.324 e. The van der Waals surface area contributed by atoms with Crippen LogP contribution < -0.4 is 5.32 Å². The summed E-state index contributed by atoms with van der Waals surface area (Å²) in [5, 5.41) is 13.7. The van der Waals surface area contributed by atoms with E-state index in [9.17, 15) is 14.9 Å². The first-order valence-electron chi connectivity index (χ1n) is 8.38. The van der Waals surface area contributed by atoms with E-state index < -0.39 is 4.92 Å². The van der Waals surface area contributed by atoms with Crippen molar-refractivity contribution < 1.29 is 9.72 Å². The summed E-state index contributed by atoms with van der Waals surface area (Å²) in [6, 6.07) is 14.9. The number of anilines is 1. The number of rotatable bonds is 5. The first-order chi connectivity index (χ1) is 12.0. The van der Waals surface area contributed by atoms with Gasteiger partial charge in [-0.1, -0.05) is 36.4 Å². The van der Waals surface area contributed by atoms with E-state index >= 15 is 0 Å². The Morgan fingerprint density at radius 3 is 2.76 bits per heavy atom. The zero-order valence-corrected chi connectivity index (χ0v) is 14.1. The van der Waals surface area contributed by atoms with Gasteiger partial charge in [-0.05, 0) is 37.4 Å². The lowest BCUT2D eigenvalue weighted by Crippen LogP contribution is -2.33. The van der Waals surface area contributed by atoms with Crippen LogP contribution in [0.15, 0.2) is 48.5 Å². The molecule has 2 aromatic carbocycles. The highest BCUT2D eigenvalue weighted by Gasteiger charge is 2.27. The highest BCUT2D eigenvalue weighted by Crippen LogP contribution is 2.31. The van der Waals surface area contributed by atoms with E-state index in [4.69, 9.17) is 0 Å². The summed E-state index contributed by atoms with van der Waals surface area (Å²) >= 11 is 0. The molecule has 1 aliphatic heterocycles. The van der Waals surface area contributed by atoms with Gasteiger partial charge in [0.1, 0.15) is 0 Å². The lowest BCUT2D eigenvalue weighted by Gasteiger charge is -2.24. The van der Waals surface area contributed by atoms with Gasteiger partial charge in [-0.15, -0.1) is 0 Å². The van der Waals surface area contributed by atoms with Crippen molar-refractivity contribution in [1.29, 1.82) is 0 Å². The second-order valence-corrected chi connectivity index (χ2v) is 6.34. The van der Waals surface area contributed by atoms with E-state index in [2.05, 4.69) is 22.3 Å². The molecule has 1 heterocycles. The number of nitrogens with zero attached hydrogens (tertiary/aromatic N) is 2. The van der Waals surface area contributed by atoms with Crippen LogP contribution in [0.5, 0.6) is 0 Å². The fraction of sp³-hybridized carbons (Fsp3) is 0.316. The normalized spacial score (nSPS) is 17.4. The zero-order chi connectivity index (χ0) is 17.8. The Kier molecular flexibility index (Phi) is 5.09. The summed E-state index contributed by atoms with van der Waals surface area (Å²) in [5.74, 6) is -0.147. The van der Waals surface area contributed by atoms with Crippen molar-refractivity contribution in [1.82, 2.24) is 4.90 Å². The summed E-state index contributed by atoms with van der Waals surface area (Å²) in [6.45, 7) is 2.98. The van der Waals surface area contributed by atoms with Crippen LogP contribution in [0.3, 0.4) is 0 Å². The number of nitro groups is 1. The van der Waals surface area contributed by atoms with E-state index in [0.717, 1.165) is 24.9 Å². The molecule has 0 bridgehead atoms. The number of aryl methyl sites for hydroxylation is 1. The van der Waals surface area contributed by atoms with Crippen LogP contribution in [0.1, 0.15) is 30.0 Å². The molecule has 1 fully saturated rings. The van der Waals surface area contributed by atoms with Gasteiger partial charge in [0.25, 0.3) is 5.69 Å². The van der Waals surface area contributed by atoms with Crippen molar-refractivity contribution >= 4 is 17.3 Å². The van der Waals surface area contributed by atoms with Gasteiger partial charge < -0.3 is 5.32 Å². The van der Waals surface area contributed by atoms with Crippen LogP contribution >= 0.6 is 0 Å². The van der Waals surface area contributed by atoms with Crippen LogP contribution in [-0.2, 0) is 4.79 Å². The Morgan fingerprint density at radius 1 is 1.28 bits per heavy atom. The number of benzene rings is 2. The van der Waals surface area contributed by atoms with Crippen molar-refractivity contribution in [3.05, 3.63) is 69.8 Å². The molecule has 0 spiro atoms. The Hall–Kier alpha value is -2.73. The third kappa shape index (κ3) is 4.03. The van der Waals surface area contributed by atoms with Crippen molar-refractivity contribution in [3.8, 4) is 0 Å². The van der Waals surface area contributed by atoms with Gasteiger partial charge in [0.15, 0.2) is 0 Å². The van der Waals surface area contributed by atoms with Crippen molar-refractivity contribution in [3.63, 3.8) is 0 Å². The van der Waals surface area contributed by atoms with Gasteiger partial charge in [-0.25, -0.2) is 0 Å². The molecule has 1 amide bonds. The monoisotopic (exact) mass is 339 g/mol. The molecule has 1 saturated heterocycles. The average Bonchev–Trinajstić information content (AvgIpc) is 3.05. The molecule has 1 N–H and O–H groups in total. The molecule has 1 aliphatic rings. The number of hydrogen-bond acceptors (Lipinski definition) is 4. The number of nitrogens with one attached hydrogen (secondary N) is 1. The standard InChI is InChI=1S/C19H21N3O3/c1-14-9-10-16(22(24)25)12-17(14)20-19(23)13-21-11-5-8-18(21)15-6-3-2-4-7-15/h2-4,6-7,9-10,12,18H,5,8,11,13H2,1H3,(H,20,23)/t18-/m0/s1. The molecule has 0 aliphatic carbocycles. The van der Waals surface area contributed by atoms with Gasteiger partial charge in [0.2, 0.25) is 5.91 Å². The van der Waals surface area contributed by atoms with E-state index in [1.54, 1.807) is 6.07 Å². The summed E-state index contributed by atoms with van der Waals surface area (Å²) in [5.41, 5.74) is 2.50. The molecule has 0 radical (unpaired) electrons. The summed E-state index contributed by atoms with van der Waals surface area (Å²) < 4.78 is 0. The quantitative estimate of drug-likeness (QED) is 0.666. The minimum absolute atomic E-state index is 0.0239. The zero-order valence-electron chi connectivity index (χ0n) is 14.1. The van der Waals surface area contributed by atoms with Crippen LogP contribution in [0.4, 0.5) is 11.4 Å². The maximum Gasteiger partial charge on any atom is 0.271 e. The Bertz CT molecular complexity index is 777. The molecule has 1 atom stereocenters. The number of amides is 1. The minimum atomic E-state index is -0.457. The lowest BCUT2D eigenvalue weighted by atomic mass is 10.0. The fourth-order valence-electron chi connectivity index (χ4n) is 3.30. The van der Waals surface area contributed by atoms with E-state index in [-0.39, 0.29) is 24.2 Å². The number of non-ortho nitro benzene ring substituents is 1. The second-order valence-electron chi connectivity index (χ2n) is 6.34. The number of hydrogen-bond donors (Lipinski definition) is 1. The Balaban J connectivity index is 1.68. The lowest BCUT2D eigenvalue weighted by molar-refractivity contribution is -0.384. The number of carbonyl (C=O) groups excluding carboxylic acids is 1. The SMILES string of the molecule is Cc1ccc([N+](=O)[O-])cc1NC(=O)CN1CCC[C@H]1c1ccccc1. The first kappa shape index (κ1) is 17.1. The van der Waals surface area contributed by atoms with Crippen molar-refractivity contribution in [2.24, 2.45) is 0 Å². The van der Waals surface area contributed by atoms with Gasteiger partial charge >= 0.3 is 0 Å².